The van der Waals surface area contributed by atoms with E-state index in [-0.39, 0.29) is 11.3 Å². The van der Waals surface area contributed by atoms with Gasteiger partial charge in [0.15, 0.2) is 11.5 Å². The van der Waals surface area contributed by atoms with Crippen molar-refractivity contribution < 1.29 is 0 Å². The predicted octanol–water partition coefficient (Wildman–Crippen LogP) is 3.81. The van der Waals surface area contributed by atoms with Crippen LogP contribution in [0.25, 0.3) is 22.6 Å². The molecule has 0 saturated heterocycles. The van der Waals surface area contributed by atoms with Crippen LogP contribution < -0.4 is 5.56 Å². The molecule has 1 N–H and O–H groups in total. The minimum atomic E-state index is -0.322. The van der Waals surface area contributed by atoms with E-state index in [1.807, 2.05) is 18.2 Å². The molecule has 2 aromatic carbocycles. The van der Waals surface area contributed by atoms with Crippen LogP contribution in [0.15, 0.2) is 53.3 Å². The summed E-state index contributed by atoms with van der Waals surface area (Å²) in [4.78, 5) is 14.9. The number of aromatic nitrogens is 3. The smallest absolute Gasteiger partial charge is 0.278 e. The van der Waals surface area contributed by atoms with Crippen molar-refractivity contribution in [2.24, 2.45) is 0 Å². The Morgan fingerprint density at radius 1 is 0.952 bits per heavy atom. The molecule has 3 rings (SSSR count). The largest absolute Gasteiger partial charge is 0.303 e. The lowest BCUT2D eigenvalue weighted by molar-refractivity contribution is 0.963. The highest BCUT2D eigenvalue weighted by Crippen LogP contribution is 2.27. The fourth-order valence-electron chi connectivity index (χ4n) is 1.92. The molecule has 4 nitrogen and oxygen atoms in total. The fraction of sp³-hybridized carbons (Fsp3) is 0. The van der Waals surface area contributed by atoms with E-state index in [4.69, 9.17) is 23.2 Å². The molecule has 104 valence electrons. The van der Waals surface area contributed by atoms with Crippen molar-refractivity contribution in [1.82, 2.24) is 15.2 Å². The van der Waals surface area contributed by atoms with Crippen LogP contribution in [0.3, 0.4) is 0 Å². The molecule has 0 radical (unpaired) electrons. The zero-order chi connectivity index (χ0) is 14.8. The Morgan fingerprint density at radius 3 is 2.38 bits per heavy atom. The van der Waals surface area contributed by atoms with Crippen molar-refractivity contribution in [2.45, 2.75) is 0 Å². The van der Waals surface area contributed by atoms with E-state index in [2.05, 4.69) is 15.2 Å². The Labute approximate surface area is 130 Å². The standard InChI is InChI=1S/C15H9Cl2N3O/c16-10-6-7-11(12(17)8-10)14-18-15(21)13(19-20-14)9-4-2-1-3-5-9/h1-8H,(H,18,20,21). The van der Waals surface area contributed by atoms with Gasteiger partial charge in [-0.1, -0.05) is 53.5 Å². The maximum absolute atomic E-state index is 12.2. The second-order valence-electron chi connectivity index (χ2n) is 4.34. The maximum Gasteiger partial charge on any atom is 0.278 e. The first kappa shape index (κ1) is 13.8. The van der Waals surface area contributed by atoms with Gasteiger partial charge < -0.3 is 4.98 Å². The van der Waals surface area contributed by atoms with Crippen LogP contribution in [0, 0.1) is 0 Å². The highest BCUT2D eigenvalue weighted by molar-refractivity contribution is 6.36. The molecule has 6 heteroatoms. The van der Waals surface area contributed by atoms with Gasteiger partial charge in [0, 0.05) is 16.1 Å². The predicted molar refractivity (Wildman–Crippen MR) is 83.5 cm³/mol. The number of aromatic amines is 1. The first-order chi connectivity index (χ1) is 10.1. The third-order valence-corrected chi connectivity index (χ3v) is 3.48. The molecule has 0 aliphatic heterocycles. The van der Waals surface area contributed by atoms with Gasteiger partial charge in [-0.2, -0.15) is 0 Å². The monoisotopic (exact) mass is 317 g/mol. The quantitative estimate of drug-likeness (QED) is 0.782. The lowest BCUT2D eigenvalue weighted by Crippen LogP contribution is -2.14. The summed E-state index contributed by atoms with van der Waals surface area (Å²) in [7, 11) is 0. The van der Waals surface area contributed by atoms with E-state index < -0.39 is 0 Å². The Bertz CT molecular complexity index is 847. The summed E-state index contributed by atoms with van der Waals surface area (Å²) in [6, 6.07) is 14.1. The van der Waals surface area contributed by atoms with Gasteiger partial charge in [-0.3, -0.25) is 4.79 Å². The van der Waals surface area contributed by atoms with Gasteiger partial charge in [0.25, 0.3) is 5.56 Å². The van der Waals surface area contributed by atoms with Gasteiger partial charge in [0.05, 0.1) is 5.02 Å². The summed E-state index contributed by atoms with van der Waals surface area (Å²) in [5, 5.41) is 8.96. The van der Waals surface area contributed by atoms with E-state index in [1.165, 1.54) is 0 Å². The lowest BCUT2D eigenvalue weighted by atomic mass is 10.1. The van der Waals surface area contributed by atoms with E-state index in [0.717, 1.165) is 0 Å². The van der Waals surface area contributed by atoms with E-state index in [1.54, 1.807) is 30.3 Å². The minimum Gasteiger partial charge on any atom is -0.303 e. The molecular formula is C15H9Cl2N3O. The van der Waals surface area contributed by atoms with Crippen molar-refractivity contribution in [3.63, 3.8) is 0 Å². The van der Waals surface area contributed by atoms with Gasteiger partial charge in [-0.25, -0.2) is 0 Å². The molecular weight excluding hydrogens is 309 g/mol. The van der Waals surface area contributed by atoms with Crippen LogP contribution in [-0.2, 0) is 0 Å². The second kappa shape index (κ2) is 5.68. The molecule has 3 aromatic rings. The Morgan fingerprint density at radius 2 is 1.71 bits per heavy atom. The number of H-pyrrole nitrogens is 1. The number of rotatable bonds is 2. The Balaban J connectivity index is 2.08. The molecule has 0 atom stereocenters. The Kier molecular flexibility index (Phi) is 3.73. The van der Waals surface area contributed by atoms with Crippen molar-refractivity contribution >= 4 is 23.2 Å². The Hall–Kier alpha value is -2.17. The number of hydrogen-bond acceptors (Lipinski definition) is 3. The number of nitrogens with zero attached hydrogens (tertiary/aromatic N) is 2. The number of halogens is 2. The zero-order valence-electron chi connectivity index (χ0n) is 10.7. The third kappa shape index (κ3) is 2.82. The summed E-state index contributed by atoms with van der Waals surface area (Å²) in [5.41, 5.74) is 1.23. The second-order valence-corrected chi connectivity index (χ2v) is 5.19. The average molecular weight is 318 g/mol. The summed E-state index contributed by atoms with van der Waals surface area (Å²) in [6.45, 7) is 0. The van der Waals surface area contributed by atoms with Crippen LogP contribution in [0.5, 0.6) is 0 Å². The van der Waals surface area contributed by atoms with Gasteiger partial charge in [-0.05, 0) is 18.2 Å². The van der Waals surface area contributed by atoms with Crippen LogP contribution in [0.1, 0.15) is 0 Å². The molecule has 0 unspecified atom stereocenters. The van der Waals surface area contributed by atoms with Gasteiger partial charge in [0.1, 0.15) is 0 Å². The molecule has 0 aliphatic carbocycles. The molecule has 1 heterocycles. The first-order valence-electron chi connectivity index (χ1n) is 6.13. The summed E-state index contributed by atoms with van der Waals surface area (Å²) < 4.78 is 0. The van der Waals surface area contributed by atoms with Gasteiger partial charge in [-0.15, -0.1) is 10.2 Å². The van der Waals surface area contributed by atoms with Crippen LogP contribution in [0.4, 0.5) is 0 Å². The van der Waals surface area contributed by atoms with Crippen LogP contribution in [0.2, 0.25) is 10.0 Å². The zero-order valence-corrected chi connectivity index (χ0v) is 12.2. The number of benzene rings is 2. The third-order valence-electron chi connectivity index (χ3n) is 2.93. The van der Waals surface area contributed by atoms with E-state index in [0.29, 0.717) is 27.0 Å². The molecule has 0 fully saturated rings. The maximum atomic E-state index is 12.2. The average Bonchev–Trinajstić information content (AvgIpc) is 2.48. The van der Waals surface area contributed by atoms with Gasteiger partial charge >= 0.3 is 0 Å². The normalized spacial score (nSPS) is 10.6. The first-order valence-corrected chi connectivity index (χ1v) is 6.88. The molecule has 1 aromatic heterocycles. The van der Waals surface area contributed by atoms with Crippen molar-refractivity contribution in [3.8, 4) is 22.6 Å². The summed E-state index contributed by atoms with van der Waals surface area (Å²) in [6.07, 6.45) is 0. The molecule has 0 saturated carbocycles. The molecule has 0 spiro atoms. The highest BCUT2D eigenvalue weighted by atomic mass is 35.5. The summed E-state index contributed by atoms with van der Waals surface area (Å²) in [5.74, 6) is 0.307. The minimum absolute atomic E-state index is 0.268. The van der Waals surface area contributed by atoms with E-state index in [9.17, 15) is 4.79 Å². The molecule has 0 bridgehead atoms. The number of hydrogen-bond donors (Lipinski definition) is 1. The van der Waals surface area contributed by atoms with Crippen molar-refractivity contribution in [3.05, 3.63) is 68.9 Å². The topological polar surface area (TPSA) is 58.6 Å². The number of nitrogens with one attached hydrogen (secondary N) is 1. The van der Waals surface area contributed by atoms with E-state index >= 15 is 0 Å². The SMILES string of the molecule is O=c1[nH]c(-c2ccc(Cl)cc2Cl)nnc1-c1ccccc1. The fourth-order valence-corrected chi connectivity index (χ4v) is 2.42. The molecule has 21 heavy (non-hydrogen) atoms. The van der Waals surface area contributed by atoms with Crippen molar-refractivity contribution in [2.75, 3.05) is 0 Å². The van der Waals surface area contributed by atoms with Crippen LogP contribution in [-0.4, -0.2) is 15.2 Å². The van der Waals surface area contributed by atoms with Gasteiger partial charge in [0.2, 0.25) is 0 Å². The molecule has 0 aliphatic rings. The summed E-state index contributed by atoms with van der Waals surface area (Å²) >= 11 is 11.9. The van der Waals surface area contributed by atoms with Crippen LogP contribution >= 0.6 is 23.2 Å². The lowest BCUT2D eigenvalue weighted by Gasteiger charge is -2.04. The van der Waals surface area contributed by atoms with Crippen molar-refractivity contribution in [1.29, 1.82) is 0 Å². The molecule has 0 amide bonds. The highest BCUT2D eigenvalue weighted by Gasteiger charge is 2.11.